The van der Waals surface area contributed by atoms with Crippen molar-refractivity contribution in [1.82, 2.24) is 4.98 Å². The van der Waals surface area contributed by atoms with Gasteiger partial charge in [0.15, 0.2) is 0 Å². The van der Waals surface area contributed by atoms with Gasteiger partial charge in [-0.2, -0.15) is 5.26 Å². The summed E-state index contributed by atoms with van der Waals surface area (Å²) in [4.78, 5) is 6.47. The fraction of sp³-hybridized carbons (Fsp3) is 0.286. The lowest BCUT2D eigenvalue weighted by Crippen LogP contribution is -1.87. The molecule has 2 nitrogen and oxygen atoms in total. The van der Waals surface area contributed by atoms with Crippen molar-refractivity contribution in [1.29, 1.82) is 5.26 Å². The maximum atomic E-state index is 9.07. The predicted octanol–water partition coefficient (Wildman–Crippen LogP) is 4.91. The molecule has 0 atom stereocenters. The number of nitriles is 1. The number of thiazole rings is 1. The van der Waals surface area contributed by atoms with E-state index in [0.717, 1.165) is 44.1 Å². The van der Waals surface area contributed by atoms with Crippen molar-refractivity contribution in [2.24, 2.45) is 0 Å². The topological polar surface area (TPSA) is 36.7 Å². The number of benzene rings is 1. The Morgan fingerprint density at radius 3 is 2.74 bits per heavy atom. The van der Waals surface area contributed by atoms with Crippen molar-refractivity contribution in [3.8, 4) is 6.07 Å². The summed E-state index contributed by atoms with van der Waals surface area (Å²) in [6, 6.07) is 10.0. The normalized spacial score (nSPS) is 10.4. The molecule has 0 saturated carbocycles. The quantitative estimate of drug-likeness (QED) is 0.736. The van der Waals surface area contributed by atoms with Gasteiger partial charge in [0.2, 0.25) is 0 Å². The average molecular weight is 309 g/mol. The zero-order chi connectivity index (χ0) is 13.7. The number of aromatic nitrogens is 1. The predicted molar refractivity (Wildman–Crippen MR) is 81.8 cm³/mol. The molecule has 5 heteroatoms. The van der Waals surface area contributed by atoms with E-state index in [1.54, 1.807) is 11.8 Å². The number of hydrogen-bond acceptors (Lipinski definition) is 4. The van der Waals surface area contributed by atoms with Crippen molar-refractivity contribution in [2.45, 2.75) is 30.4 Å². The molecular formula is C14H13ClN2S2. The minimum atomic E-state index is 0.746. The fourth-order valence-corrected chi connectivity index (χ4v) is 3.56. The molecule has 0 saturated heterocycles. The molecule has 0 amide bonds. The molecular weight excluding hydrogens is 296 g/mol. The van der Waals surface area contributed by atoms with Crippen LogP contribution < -0.4 is 0 Å². The zero-order valence-corrected chi connectivity index (χ0v) is 12.9. The lowest BCUT2D eigenvalue weighted by atomic mass is 10.2. The van der Waals surface area contributed by atoms with E-state index in [1.165, 1.54) is 11.3 Å². The Morgan fingerprint density at radius 2 is 2.11 bits per heavy atom. The molecule has 0 aliphatic carbocycles. The Morgan fingerprint density at radius 1 is 1.37 bits per heavy atom. The molecule has 1 aromatic heterocycles. The van der Waals surface area contributed by atoms with Crippen molar-refractivity contribution >= 4 is 34.7 Å². The van der Waals surface area contributed by atoms with Crippen LogP contribution in [0.4, 0.5) is 0 Å². The fourth-order valence-electron chi connectivity index (χ4n) is 1.63. The lowest BCUT2D eigenvalue weighted by Gasteiger charge is -1.98. The highest BCUT2D eigenvalue weighted by molar-refractivity contribution is 7.98. The van der Waals surface area contributed by atoms with Crippen molar-refractivity contribution in [3.63, 3.8) is 0 Å². The van der Waals surface area contributed by atoms with E-state index in [-0.39, 0.29) is 0 Å². The van der Waals surface area contributed by atoms with E-state index in [4.69, 9.17) is 16.9 Å². The van der Waals surface area contributed by atoms with Crippen LogP contribution in [-0.2, 0) is 12.2 Å². The van der Waals surface area contributed by atoms with Gasteiger partial charge in [0.05, 0.1) is 11.4 Å². The van der Waals surface area contributed by atoms with Crippen LogP contribution in [0.3, 0.4) is 0 Å². The number of hydrogen-bond donors (Lipinski definition) is 0. The first-order chi connectivity index (χ1) is 9.22. The summed E-state index contributed by atoms with van der Waals surface area (Å²) >= 11 is 9.07. The van der Waals surface area contributed by atoms with Crippen LogP contribution in [0, 0.1) is 11.3 Å². The molecule has 0 unspecified atom stereocenters. The van der Waals surface area contributed by atoms with Gasteiger partial charge in [-0.05, 0) is 30.7 Å². The van der Waals surface area contributed by atoms with E-state index in [2.05, 4.69) is 18.0 Å². The molecule has 1 aromatic carbocycles. The molecule has 19 heavy (non-hydrogen) atoms. The lowest BCUT2D eigenvalue weighted by molar-refractivity contribution is 0.884. The van der Waals surface area contributed by atoms with E-state index in [0.29, 0.717) is 0 Å². The molecule has 1 heterocycles. The first-order valence-electron chi connectivity index (χ1n) is 6.00. The summed E-state index contributed by atoms with van der Waals surface area (Å²) in [7, 11) is 0. The third kappa shape index (κ3) is 3.97. The van der Waals surface area contributed by atoms with E-state index < -0.39 is 0 Å². The van der Waals surface area contributed by atoms with Crippen LogP contribution in [-0.4, -0.2) is 4.98 Å². The number of rotatable bonds is 5. The Labute approximate surface area is 126 Å². The van der Waals surface area contributed by atoms with Gasteiger partial charge in [-0.3, -0.25) is 0 Å². The Balaban J connectivity index is 2.03. The maximum Gasteiger partial charge on any atom is 0.128 e. The molecule has 98 valence electrons. The number of aryl methyl sites for hydroxylation is 1. The highest BCUT2D eigenvalue weighted by Gasteiger charge is 2.10. The summed E-state index contributed by atoms with van der Waals surface area (Å²) in [6.45, 7) is 2.10. The Kier molecular flexibility index (Phi) is 5.26. The smallest absolute Gasteiger partial charge is 0.128 e. The monoisotopic (exact) mass is 308 g/mol. The number of thioether (sulfide) groups is 1. The summed E-state index contributed by atoms with van der Waals surface area (Å²) in [5.74, 6) is 0.796. The van der Waals surface area contributed by atoms with Gasteiger partial charge in [0, 0.05) is 9.92 Å². The zero-order valence-electron chi connectivity index (χ0n) is 10.5. The third-order valence-electron chi connectivity index (χ3n) is 2.51. The molecule has 0 aliphatic rings. The minimum Gasteiger partial charge on any atom is -0.244 e. The van der Waals surface area contributed by atoms with Gasteiger partial charge in [0.25, 0.3) is 0 Å². The Hall–Kier alpha value is -1.02. The first-order valence-corrected chi connectivity index (χ1v) is 8.18. The second-order valence-corrected chi connectivity index (χ2v) is 6.56. The maximum absolute atomic E-state index is 9.07. The van der Waals surface area contributed by atoms with Crippen LogP contribution in [0.25, 0.3) is 0 Å². The van der Waals surface area contributed by atoms with E-state index >= 15 is 0 Å². The van der Waals surface area contributed by atoms with Gasteiger partial charge in [-0.15, -0.1) is 23.1 Å². The van der Waals surface area contributed by atoms with Gasteiger partial charge in [-0.1, -0.05) is 24.9 Å². The number of nitrogens with zero attached hydrogens (tertiary/aromatic N) is 2. The summed E-state index contributed by atoms with van der Waals surface area (Å²) in [5, 5.41) is 10.8. The van der Waals surface area contributed by atoms with Gasteiger partial charge < -0.3 is 0 Å². The van der Waals surface area contributed by atoms with Crippen molar-refractivity contribution in [2.75, 3.05) is 0 Å². The third-order valence-corrected chi connectivity index (χ3v) is 4.97. The van der Waals surface area contributed by atoms with E-state index in [1.807, 2.05) is 24.3 Å². The molecule has 2 rings (SSSR count). The minimum absolute atomic E-state index is 0.746. The van der Waals surface area contributed by atoms with Crippen LogP contribution in [0.15, 0.2) is 29.2 Å². The van der Waals surface area contributed by atoms with E-state index in [9.17, 15) is 0 Å². The summed E-state index contributed by atoms with van der Waals surface area (Å²) in [5.41, 5.74) is 0.946. The molecule has 0 radical (unpaired) electrons. The van der Waals surface area contributed by atoms with Crippen molar-refractivity contribution < 1.29 is 0 Å². The standard InChI is InChI=1S/C14H13ClN2S2/c1-2-3-12-13(8-16)19-14(17-12)9-18-11-6-4-10(15)5-7-11/h4-7H,2-3,9H2,1H3. The second kappa shape index (κ2) is 6.95. The van der Waals surface area contributed by atoms with Crippen LogP contribution in [0.5, 0.6) is 0 Å². The molecule has 0 fully saturated rings. The van der Waals surface area contributed by atoms with Crippen LogP contribution in [0.2, 0.25) is 5.02 Å². The van der Waals surface area contributed by atoms with Gasteiger partial charge >= 0.3 is 0 Å². The highest BCUT2D eigenvalue weighted by atomic mass is 35.5. The second-order valence-electron chi connectivity index (χ2n) is 3.99. The molecule has 0 spiro atoms. The van der Waals surface area contributed by atoms with Crippen LogP contribution in [0.1, 0.15) is 28.9 Å². The SMILES string of the molecule is CCCc1nc(CSc2ccc(Cl)cc2)sc1C#N. The average Bonchev–Trinajstić information content (AvgIpc) is 2.81. The molecule has 0 bridgehead atoms. The number of halogens is 1. The Bertz CT molecular complexity index is 584. The highest BCUT2D eigenvalue weighted by Crippen LogP contribution is 2.28. The summed E-state index contributed by atoms with van der Waals surface area (Å²) < 4.78 is 0. The molecule has 0 N–H and O–H groups in total. The first kappa shape index (κ1) is 14.4. The van der Waals surface area contributed by atoms with Gasteiger partial charge in [-0.25, -0.2) is 4.98 Å². The van der Waals surface area contributed by atoms with Crippen LogP contribution >= 0.6 is 34.7 Å². The van der Waals surface area contributed by atoms with Crippen molar-refractivity contribution in [3.05, 3.63) is 44.9 Å². The summed E-state index contributed by atoms with van der Waals surface area (Å²) in [6.07, 6.45) is 1.90. The molecule has 0 aliphatic heterocycles. The largest absolute Gasteiger partial charge is 0.244 e. The molecule has 2 aromatic rings. The van der Waals surface area contributed by atoms with Gasteiger partial charge in [0.1, 0.15) is 16.0 Å².